The van der Waals surface area contributed by atoms with Gasteiger partial charge in [0.05, 0.1) is 27.9 Å². The van der Waals surface area contributed by atoms with Crippen LogP contribution in [0, 0.1) is 23.0 Å². The second-order valence-electron chi connectivity index (χ2n) is 15.3. The maximum Gasteiger partial charge on any atom is 0.417 e. The lowest BCUT2D eigenvalue weighted by molar-refractivity contribution is -0.137. The molecule has 6 rings (SSSR count). The van der Waals surface area contributed by atoms with E-state index in [4.69, 9.17) is 9.47 Å². The van der Waals surface area contributed by atoms with Crippen LogP contribution < -0.4 is 15.1 Å². The molecule has 2 aromatic carbocycles. The van der Waals surface area contributed by atoms with Crippen molar-refractivity contribution in [2.24, 2.45) is 0 Å². The van der Waals surface area contributed by atoms with Crippen molar-refractivity contribution in [1.29, 1.82) is 5.26 Å². The number of fused-ring (bicyclic) bond motifs is 4. The lowest BCUT2D eigenvalue weighted by atomic mass is 9.92. The van der Waals surface area contributed by atoms with Gasteiger partial charge >= 0.3 is 18.4 Å². The Hall–Kier alpha value is -4.98. The zero-order valence-electron chi connectivity index (χ0n) is 30.3. The molecule has 0 radical (unpaired) electrons. The molecular weight excluding hydrogens is 721 g/mol. The van der Waals surface area contributed by atoms with Crippen molar-refractivity contribution < 1.29 is 41.0 Å². The Morgan fingerprint density at radius 3 is 2.17 bits per heavy atom. The third kappa shape index (κ3) is 7.20. The van der Waals surface area contributed by atoms with Crippen molar-refractivity contribution in [3.05, 3.63) is 41.0 Å². The number of anilines is 3. The molecular formula is C36H38F5N7O4S. The minimum Gasteiger partial charge on any atom is -0.444 e. The number of piperazine rings is 1. The molecule has 2 aromatic heterocycles. The molecule has 0 aliphatic carbocycles. The molecule has 2 aliphatic heterocycles. The average Bonchev–Trinajstić information content (AvgIpc) is 3.52. The van der Waals surface area contributed by atoms with Gasteiger partial charge in [-0.25, -0.2) is 23.4 Å². The van der Waals surface area contributed by atoms with Crippen LogP contribution in [0.1, 0.15) is 65.5 Å². The molecule has 53 heavy (non-hydrogen) atoms. The number of thiophene rings is 1. The summed E-state index contributed by atoms with van der Waals surface area (Å²) in [4.78, 5) is 39.6. The van der Waals surface area contributed by atoms with E-state index in [1.54, 1.807) is 65.4 Å². The van der Waals surface area contributed by atoms with E-state index in [1.807, 2.05) is 6.07 Å². The Balaban J connectivity index is 1.55. The second kappa shape index (κ2) is 13.2. The average molecular weight is 760 g/mol. The van der Waals surface area contributed by atoms with Crippen molar-refractivity contribution in [3.8, 4) is 17.2 Å². The first-order valence-corrected chi connectivity index (χ1v) is 17.6. The van der Waals surface area contributed by atoms with E-state index < -0.39 is 63.4 Å². The number of nitriles is 1. The number of aromatic nitrogens is 2. The molecule has 4 heterocycles. The number of hydrogen-bond acceptors (Lipinski definition) is 10. The summed E-state index contributed by atoms with van der Waals surface area (Å²) in [6.45, 7) is 10.5. The summed E-state index contributed by atoms with van der Waals surface area (Å²) in [5.41, 5.74) is -5.23. The first kappa shape index (κ1) is 37.8. The van der Waals surface area contributed by atoms with Gasteiger partial charge in [-0.1, -0.05) is 6.07 Å². The highest BCUT2D eigenvalue weighted by Crippen LogP contribution is 2.49. The minimum atomic E-state index is -5.14. The summed E-state index contributed by atoms with van der Waals surface area (Å²) in [5.74, 6) is -2.18. The quantitative estimate of drug-likeness (QED) is 0.204. The number of amides is 2. The third-order valence-corrected chi connectivity index (χ3v) is 9.89. The summed E-state index contributed by atoms with van der Waals surface area (Å²) in [5, 5.41) is 11.9. The molecule has 1 N–H and O–H groups in total. The summed E-state index contributed by atoms with van der Waals surface area (Å²) in [6, 6.07) is 3.82. The van der Waals surface area contributed by atoms with E-state index in [1.165, 1.54) is 4.90 Å². The first-order valence-electron chi connectivity index (χ1n) is 16.8. The van der Waals surface area contributed by atoms with Gasteiger partial charge in [-0.05, 0) is 72.1 Å². The molecule has 2 saturated heterocycles. The van der Waals surface area contributed by atoms with E-state index >= 15 is 22.0 Å². The molecule has 2 bridgehead atoms. The molecule has 0 unspecified atom stereocenters. The number of nitrogens with zero attached hydrogens (tertiary/aromatic N) is 6. The standard InChI is InChI=1S/C36H38F5N7O4S/c1-34(2,3)51-32(49)45-30-21(14-42)24-19(11-12-23(37)28(24)53-30)25-22(36(39,40)41)13-20-27(26(25)38)43-31(46(7)8)44-29(20)47-15-17-9-10-18(16-47)48(17)33(50)52-35(4,5)6/h11-13,17-18H,9-10,15-16H2,1-8H3,(H,45,49)/t17-,18+. The SMILES string of the molecule is CN(C)c1nc(N2C[C@H]3CC[C@@H](C2)N3C(=O)OC(C)(C)C)c2cc(C(F)(F)F)c(-c3ccc(F)c4sc(NC(=O)OC(C)(C)C)c(C#N)c34)c(F)c2n1. The predicted molar refractivity (Wildman–Crippen MR) is 191 cm³/mol. The maximum absolute atomic E-state index is 17.1. The summed E-state index contributed by atoms with van der Waals surface area (Å²) in [6.07, 6.45) is -5.35. The number of ether oxygens (including phenoxy) is 2. The second-order valence-corrected chi connectivity index (χ2v) is 16.3. The first-order chi connectivity index (χ1) is 24.6. The highest BCUT2D eigenvalue weighted by molar-refractivity contribution is 7.23. The molecule has 2 aliphatic rings. The van der Waals surface area contributed by atoms with Gasteiger partial charge in [0.15, 0.2) is 5.82 Å². The number of carbonyl (C=O) groups excluding carboxylic acids is 2. The fourth-order valence-corrected chi connectivity index (χ4v) is 7.86. The monoisotopic (exact) mass is 759 g/mol. The highest BCUT2D eigenvalue weighted by Gasteiger charge is 2.46. The summed E-state index contributed by atoms with van der Waals surface area (Å²) >= 11 is 0.611. The van der Waals surface area contributed by atoms with Gasteiger partial charge < -0.3 is 19.3 Å². The van der Waals surface area contributed by atoms with Crippen LogP contribution in [0.5, 0.6) is 0 Å². The number of alkyl halides is 3. The van der Waals surface area contributed by atoms with Gasteiger partial charge in [-0.2, -0.15) is 23.4 Å². The highest BCUT2D eigenvalue weighted by atomic mass is 32.1. The lowest BCUT2D eigenvalue weighted by Gasteiger charge is -2.42. The van der Waals surface area contributed by atoms with Crippen LogP contribution in [-0.2, 0) is 15.7 Å². The van der Waals surface area contributed by atoms with Crippen LogP contribution in [0.2, 0.25) is 0 Å². The molecule has 2 fully saturated rings. The zero-order valence-corrected chi connectivity index (χ0v) is 31.1. The molecule has 282 valence electrons. The molecule has 2 amide bonds. The molecule has 17 heteroatoms. The topological polar surface area (TPSA) is 124 Å². The Kier molecular flexibility index (Phi) is 9.37. The maximum atomic E-state index is 17.1. The predicted octanol–water partition coefficient (Wildman–Crippen LogP) is 8.68. The third-order valence-electron chi connectivity index (χ3n) is 8.78. The van der Waals surface area contributed by atoms with Gasteiger partial charge in [-0.3, -0.25) is 10.2 Å². The molecule has 0 saturated carbocycles. The normalized spacial score (nSPS) is 17.7. The van der Waals surface area contributed by atoms with Crippen LogP contribution in [0.3, 0.4) is 0 Å². The zero-order chi connectivity index (χ0) is 38.9. The number of halogens is 5. The van der Waals surface area contributed by atoms with E-state index in [9.17, 15) is 14.9 Å². The van der Waals surface area contributed by atoms with Crippen molar-refractivity contribution in [2.45, 2.75) is 83.8 Å². The van der Waals surface area contributed by atoms with Crippen LogP contribution in [-0.4, -0.2) is 77.5 Å². The smallest absolute Gasteiger partial charge is 0.417 e. The molecule has 2 atom stereocenters. The van der Waals surface area contributed by atoms with Gasteiger partial charge in [0, 0.05) is 43.5 Å². The van der Waals surface area contributed by atoms with E-state index in [2.05, 4.69) is 15.3 Å². The number of carbonyl (C=O) groups is 2. The fourth-order valence-electron chi connectivity index (χ4n) is 6.79. The molecule has 0 spiro atoms. The number of rotatable bonds is 4. The van der Waals surface area contributed by atoms with Crippen molar-refractivity contribution >= 4 is 61.3 Å². The van der Waals surface area contributed by atoms with Crippen molar-refractivity contribution in [3.63, 3.8) is 0 Å². The van der Waals surface area contributed by atoms with E-state index in [0.717, 1.165) is 18.2 Å². The number of hydrogen-bond donors (Lipinski definition) is 1. The van der Waals surface area contributed by atoms with Crippen LogP contribution >= 0.6 is 11.3 Å². The molecule has 4 aromatic rings. The number of benzene rings is 2. The summed E-state index contributed by atoms with van der Waals surface area (Å²) < 4.78 is 88.5. The van der Waals surface area contributed by atoms with E-state index in [-0.39, 0.29) is 63.0 Å². The fraction of sp³-hybridized carbons (Fsp3) is 0.472. The van der Waals surface area contributed by atoms with Crippen LogP contribution in [0.4, 0.5) is 48.3 Å². The van der Waals surface area contributed by atoms with Gasteiger partial charge in [0.25, 0.3) is 0 Å². The Morgan fingerprint density at radius 2 is 1.62 bits per heavy atom. The van der Waals surface area contributed by atoms with E-state index in [0.29, 0.717) is 24.2 Å². The lowest BCUT2D eigenvalue weighted by Crippen LogP contribution is -2.57. The van der Waals surface area contributed by atoms with Gasteiger partial charge in [0.2, 0.25) is 5.95 Å². The minimum absolute atomic E-state index is 0.0142. The Morgan fingerprint density at radius 1 is 1.00 bits per heavy atom. The van der Waals surface area contributed by atoms with Gasteiger partial charge in [-0.15, -0.1) is 11.3 Å². The largest absolute Gasteiger partial charge is 0.444 e. The van der Waals surface area contributed by atoms with Crippen molar-refractivity contribution in [2.75, 3.05) is 42.3 Å². The van der Waals surface area contributed by atoms with Gasteiger partial charge in [0.1, 0.15) is 39.4 Å². The number of nitrogens with one attached hydrogen (secondary N) is 1. The van der Waals surface area contributed by atoms with Crippen LogP contribution in [0.25, 0.3) is 32.1 Å². The Bertz CT molecular complexity index is 2170. The van der Waals surface area contributed by atoms with Crippen molar-refractivity contribution in [1.82, 2.24) is 14.9 Å². The molecule has 11 nitrogen and oxygen atoms in total. The summed E-state index contributed by atoms with van der Waals surface area (Å²) in [7, 11) is 3.20. The van der Waals surface area contributed by atoms with Crippen LogP contribution in [0.15, 0.2) is 18.2 Å². The Labute approximate surface area is 306 Å².